The van der Waals surface area contributed by atoms with Gasteiger partial charge in [-0.3, -0.25) is 4.57 Å². The van der Waals surface area contributed by atoms with Crippen LogP contribution in [0.15, 0.2) is 47.7 Å². The molecule has 0 aliphatic carbocycles. The monoisotopic (exact) mass is 325 g/mol. The predicted octanol–water partition coefficient (Wildman–Crippen LogP) is 1.65. The van der Waals surface area contributed by atoms with Crippen LogP contribution in [-0.4, -0.2) is 26.0 Å². The first kappa shape index (κ1) is 14.9. The largest absolute Gasteiger partial charge is 0.493 e. The molecule has 0 saturated heterocycles. The molecule has 1 aromatic carbocycles. The average molecular weight is 325 g/mol. The van der Waals surface area contributed by atoms with Gasteiger partial charge in [-0.05, 0) is 6.07 Å². The lowest BCUT2D eigenvalue weighted by Gasteiger charge is -2.05. The summed E-state index contributed by atoms with van der Waals surface area (Å²) in [6, 6.07) is 7.21. The van der Waals surface area contributed by atoms with E-state index in [1.807, 2.05) is 12.1 Å². The highest BCUT2D eigenvalue weighted by Gasteiger charge is 2.42. The Kier molecular flexibility index (Phi) is 3.28. The van der Waals surface area contributed by atoms with E-state index in [0.29, 0.717) is 5.69 Å². The number of hydrogen-bond acceptors (Lipinski definition) is 3. The number of alkyl halides is 3. The molecule has 3 aromatic rings. The molecule has 0 unspecified atom stereocenters. The fourth-order valence-corrected chi connectivity index (χ4v) is 2.27. The summed E-state index contributed by atoms with van der Waals surface area (Å²) in [7, 11) is 1.78. The van der Waals surface area contributed by atoms with Gasteiger partial charge in [0.2, 0.25) is 0 Å². The van der Waals surface area contributed by atoms with Gasteiger partial charge in [-0.15, -0.1) is 4.73 Å². The lowest BCUT2D eigenvalue weighted by atomic mass is 10.2. The SMILES string of the molecule is Cn1cc(-n2ccn(OC(=O)C(F)(F)F)c2=O)c2ccccc21. The maximum atomic E-state index is 12.2. The molecule has 6 nitrogen and oxygen atoms in total. The van der Waals surface area contributed by atoms with Gasteiger partial charge < -0.3 is 9.40 Å². The molecule has 0 bridgehead atoms. The molecule has 0 spiro atoms. The molecule has 0 atom stereocenters. The molecule has 0 fully saturated rings. The van der Waals surface area contributed by atoms with Crippen LogP contribution >= 0.6 is 0 Å². The number of halogens is 3. The molecule has 120 valence electrons. The second-order valence-electron chi connectivity index (χ2n) is 4.80. The third-order valence-corrected chi connectivity index (χ3v) is 3.29. The van der Waals surface area contributed by atoms with Gasteiger partial charge in [0, 0.05) is 30.3 Å². The molecule has 9 heteroatoms. The minimum Gasteiger partial charge on any atom is -0.348 e. The van der Waals surface area contributed by atoms with Gasteiger partial charge in [-0.25, -0.2) is 9.59 Å². The molecule has 2 aromatic heterocycles. The van der Waals surface area contributed by atoms with Crippen molar-refractivity contribution >= 4 is 16.9 Å². The number of rotatable bonds is 2. The Labute approximate surface area is 126 Å². The molecular weight excluding hydrogens is 315 g/mol. The Hall–Kier alpha value is -2.97. The van der Waals surface area contributed by atoms with E-state index in [4.69, 9.17) is 0 Å². The number of hydrogen-bond donors (Lipinski definition) is 0. The zero-order chi connectivity index (χ0) is 16.8. The smallest absolute Gasteiger partial charge is 0.348 e. The Bertz CT molecular complexity index is 949. The van der Waals surface area contributed by atoms with Crippen LogP contribution < -0.4 is 10.5 Å². The molecule has 0 amide bonds. The molecule has 0 radical (unpaired) electrons. The van der Waals surface area contributed by atoms with Crippen LogP contribution in [0.1, 0.15) is 0 Å². The van der Waals surface area contributed by atoms with Crippen LogP contribution in [0.25, 0.3) is 16.6 Å². The number of para-hydroxylation sites is 1. The molecule has 2 heterocycles. The second-order valence-corrected chi connectivity index (χ2v) is 4.80. The molecule has 0 aliphatic rings. The minimum absolute atomic E-state index is 0.248. The zero-order valence-corrected chi connectivity index (χ0v) is 11.7. The Morgan fingerprint density at radius 3 is 2.57 bits per heavy atom. The quantitative estimate of drug-likeness (QED) is 0.720. The topological polar surface area (TPSA) is 58.2 Å². The first-order valence-corrected chi connectivity index (χ1v) is 6.43. The Morgan fingerprint density at radius 2 is 1.87 bits per heavy atom. The van der Waals surface area contributed by atoms with Crippen LogP contribution in [0.2, 0.25) is 0 Å². The molecule has 0 N–H and O–H groups in total. The number of imidazole rings is 1. The number of aromatic nitrogens is 3. The zero-order valence-electron chi connectivity index (χ0n) is 11.7. The number of benzene rings is 1. The van der Waals surface area contributed by atoms with Crippen molar-refractivity contribution < 1.29 is 22.8 Å². The van der Waals surface area contributed by atoms with Crippen molar-refractivity contribution in [2.75, 3.05) is 0 Å². The summed E-state index contributed by atoms with van der Waals surface area (Å²) in [6.07, 6.45) is -1.34. The number of carbonyl (C=O) groups excluding carboxylic acids is 1. The summed E-state index contributed by atoms with van der Waals surface area (Å²) in [6.45, 7) is 0. The van der Waals surface area contributed by atoms with Gasteiger partial charge in [0.1, 0.15) is 0 Å². The van der Waals surface area contributed by atoms with Gasteiger partial charge in [-0.1, -0.05) is 18.2 Å². The molecular formula is C14H10F3N3O3. The van der Waals surface area contributed by atoms with E-state index in [1.165, 1.54) is 6.20 Å². The highest BCUT2D eigenvalue weighted by atomic mass is 19.4. The maximum Gasteiger partial charge on any atom is 0.493 e. The van der Waals surface area contributed by atoms with E-state index in [1.54, 1.807) is 29.9 Å². The highest BCUT2D eigenvalue weighted by Crippen LogP contribution is 2.22. The molecule has 0 saturated carbocycles. The third kappa shape index (κ3) is 2.50. The van der Waals surface area contributed by atoms with Gasteiger partial charge in [-0.2, -0.15) is 13.2 Å². The number of carbonyl (C=O) groups is 1. The van der Waals surface area contributed by atoms with Crippen molar-refractivity contribution in [1.82, 2.24) is 13.9 Å². The summed E-state index contributed by atoms with van der Waals surface area (Å²) in [5, 5.41) is 0.733. The minimum atomic E-state index is -5.18. The predicted molar refractivity (Wildman–Crippen MR) is 74.1 cm³/mol. The maximum absolute atomic E-state index is 12.2. The van der Waals surface area contributed by atoms with Crippen molar-refractivity contribution in [3.63, 3.8) is 0 Å². The van der Waals surface area contributed by atoms with Crippen LogP contribution in [0.3, 0.4) is 0 Å². The summed E-state index contributed by atoms with van der Waals surface area (Å²) in [5.74, 6) is -2.46. The first-order chi connectivity index (χ1) is 10.8. The molecule has 0 aliphatic heterocycles. The Balaban J connectivity index is 2.05. The summed E-state index contributed by atoms with van der Waals surface area (Å²) in [4.78, 5) is 27.0. The van der Waals surface area contributed by atoms with Crippen LogP contribution in [0.5, 0.6) is 0 Å². The van der Waals surface area contributed by atoms with Crippen molar-refractivity contribution in [3.05, 3.63) is 53.3 Å². The van der Waals surface area contributed by atoms with Crippen LogP contribution in [0.4, 0.5) is 13.2 Å². The van der Waals surface area contributed by atoms with E-state index in [9.17, 15) is 22.8 Å². The standard InChI is InChI=1S/C14H10F3N3O3/c1-18-8-11(9-4-2-3-5-10(9)18)19-6-7-20(13(19)22)23-12(21)14(15,16)17/h2-8H,1H3. The number of fused-ring (bicyclic) bond motifs is 1. The summed E-state index contributed by atoms with van der Waals surface area (Å²) >= 11 is 0. The van der Waals surface area contributed by atoms with Crippen molar-refractivity contribution in [2.45, 2.75) is 6.18 Å². The van der Waals surface area contributed by atoms with E-state index in [-0.39, 0.29) is 4.73 Å². The number of nitrogens with zero attached hydrogens (tertiary/aromatic N) is 3. The van der Waals surface area contributed by atoms with Crippen molar-refractivity contribution in [1.29, 1.82) is 0 Å². The van der Waals surface area contributed by atoms with Crippen LogP contribution in [0, 0.1) is 0 Å². The van der Waals surface area contributed by atoms with E-state index in [0.717, 1.165) is 21.7 Å². The highest BCUT2D eigenvalue weighted by molar-refractivity contribution is 5.88. The fraction of sp³-hybridized carbons (Fsp3) is 0.143. The summed E-state index contributed by atoms with van der Waals surface area (Å²) < 4.78 is 39.7. The average Bonchev–Trinajstić information content (AvgIpc) is 3.00. The van der Waals surface area contributed by atoms with E-state index >= 15 is 0 Å². The lowest BCUT2D eigenvalue weighted by Crippen LogP contribution is -2.38. The Morgan fingerprint density at radius 1 is 1.17 bits per heavy atom. The van der Waals surface area contributed by atoms with E-state index in [2.05, 4.69) is 4.84 Å². The van der Waals surface area contributed by atoms with Gasteiger partial charge in [0.05, 0.1) is 11.9 Å². The van der Waals surface area contributed by atoms with Gasteiger partial charge in [0.25, 0.3) is 0 Å². The molecule has 23 heavy (non-hydrogen) atoms. The van der Waals surface area contributed by atoms with Gasteiger partial charge >= 0.3 is 17.8 Å². The fourth-order valence-electron chi connectivity index (χ4n) is 2.27. The molecule has 3 rings (SSSR count). The van der Waals surface area contributed by atoms with Gasteiger partial charge in [0.15, 0.2) is 0 Å². The first-order valence-electron chi connectivity index (χ1n) is 6.43. The lowest BCUT2D eigenvalue weighted by molar-refractivity contribution is -0.200. The van der Waals surface area contributed by atoms with E-state index < -0.39 is 17.8 Å². The third-order valence-electron chi connectivity index (χ3n) is 3.29. The van der Waals surface area contributed by atoms with Crippen LogP contribution in [-0.2, 0) is 11.8 Å². The second kappa shape index (κ2) is 5.04. The normalized spacial score (nSPS) is 11.8. The number of aryl methyl sites for hydroxylation is 1. The summed E-state index contributed by atoms with van der Waals surface area (Å²) in [5.41, 5.74) is 0.392. The van der Waals surface area contributed by atoms with Crippen molar-refractivity contribution in [3.8, 4) is 5.69 Å². The van der Waals surface area contributed by atoms with Crippen molar-refractivity contribution in [2.24, 2.45) is 7.05 Å².